The first-order chi connectivity index (χ1) is 9.04. The van der Waals surface area contributed by atoms with E-state index in [0.29, 0.717) is 12.1 Å². The number of amidine groups is 1. The first-order valence-corrected chi connectivity index (χ1v) is 7.36. The SMILES string of the molecule is N/C(=N/O)C1CCCN1C(=O)c1ccc(Br)cc1Br. The van der Waals surface area contributed by atoms with Gasteiger partial charge in [0.05, 0.1) is 11.6 Å². The molecule has 1 aromatic carbocycles. The number of hydrogen-bond donors (Lipinski definition) is 2. The largest absolute Gasteiger partial charge is 0.409 e. The lowest BCUT2D eigenvalue weighted by Gasteiger charge is -2.24. The molecule has 0 aliphatic carbocycles. The van der Waals surface area contributed by atoms with Crippen LogP contribution in [0.5, 0.6) is 0 Å². The van der Waals surface area contributed by atoms with Crippen LogP contribution in [0.4, 0.5) is 0 Å². The van der Waals surface area contributed by atoms with Crippen LogP contribution in [0.1, 0.15) is 23.2 Å². The summed E-state index contributed by atoms with van der Waals surface area (Å²) in [4.78, 5) is 14.1. The van der Waals surface area contributed by atoms with Crippen LogP contribution < -0.4 is 5.73 Å². The molecule has 3 N–H and O–H groups in total. The minimum Gasteiger partial charge on any atom is -0.409 e. The molecule has 1 aromatic rings. The third-order valence-corrected chi connectivity index (χ3v) is 4.28. The van der Waals surface area contributed by atoms with Crippen LogP contribution in [-0.2, 0) is 0 Å². The number of amides is 1. The van der Waals surface area contributed by atoms with E-state index in [4.69, 9.17) is 10.9 Å². The van der Waals surface area contributed by atoms with Gasteiger partial charge in [0.25, 0.3) is 5.91 Å². The highest BCUT2D eigenvalue weighted by atomic mass is 79.9. The normalized spacial score (nSPS) is 19.8. The average Bonchev–Trinajstić information content (AvgIpc) is 2.86. The first kappa shape index (κ1) is 14.3. The molecule has 1 aliphatic rings. The molecular formula is C12H13Br2N3O2. The van der Waals surface area contributed by atoms with Gasteiger partial charge in [-0.1, -0.05) is 21.1 Å². The van der Waals surface area contributed by atoms with Crippen LogP contribution in [0.3, 0.4) is 0 Å². The van der Waals surface area contributed by atoms with Gasteiger partial charge in [0.1, 0.15) is 0 Å². The van der Waals surface area contributed by atoms with E-state index >= 15 is 0 Å². The molecule has 0 aromatic heterocycles. The van der Waals surface area contributed by atoms with Crippen LogP contribution in [0.15, 0.2) is 32.3 Å². The third-order valence-electron chi connectivity index (χ3n) is 3.13. The zero-order valence-corrected chi connectivity index (χ0v) is 13.2. The van der Waals surface area contributed by atoms with Crippen molar-refractivity contribution in [3.05, 3.63) is 32.7 Å². The highest BCUT2D eigenvalue weighted by Crippen LogP contribution is 2.26. The van der Waals surface area contributed by atoms with Crippen LogP contribution >= 0.6 is 31.9 Å². The summed E-state index contributed by atoms with van der Waals surface area (Å²) >= 11 is 6.73. The molecule has 1 aliphatic heterocycles. The number of nitrogens with zero attached hydrogens (tertiary/aromatic N) is 2. The Kier molecular flexibility index (Phi) is 4.46. The molecule has 1 atom stereocenters. The number of halogens is 2. The van der Waals surface area contributed by atoms with Crippen molar-refractivity contribution in [2.45, 2.75) is 18.9 Å². The number of oxime groups is 1. The standard InChI is InChI=1S/C12H13Br2N3O2/c13-7-3-4-8(9(14)6-7)12(18)17-5-1-2-10(17)11(15)16-19/h3-4,6,10,19H,1-2,5H2,(H2,15,16). The van der Waals surface area contributed by atoms with Gasteiger partial charge in [0.15, 0.2) is 5.84 Å². The van der Waals surface area contributed by atoms with Crippen molar-refractivity contribution in [1.82, 2.24) is 4.90 Å². The maximum absolute atomic E-state index is 12.5. The van der Waals surface area contributed by atoms with E-state index < -0.39 is 0 Å². The predicted molar refractivity (Wildman–Crippen MR) is 79.3 cm³/mol. The number of hydrogen-bond acceptors (Lipinski definition) is 3. The number of rotatable bonds is 2. The van der Waals surface area contributed by atoms with Crippen molar-refractivity contribution in [2.24, 2.45) is 10.9 Å². The molecule has 1 fully saturated rings. The fourth-order valence-corrected chi connectivity index (χ4v) is 3.42. The molecule has 0 radical (unpaired) electrons. The van der Waals surface area contributed by atoms with Gasteiger partial charge < -0.3 is 15.8 Å². The van der Waals surface area contributed by atoms with E-state index in [2.05, 4.69) is 37.0 Å². The van der Waals surface area contributed by atoms with Crippen LogP contribution in [0.2, 0.25) is 0 Å². The minimum absolute atomic E-state index is 0.0825. The Bertz CT molecular complexity index is 534. The Labute approximate surface area is 127 Å². The van der Waals surface area contributed by atoms with Crippen LogP contribution in [0, 0.1) is 0 Å². The van der Waals surface area contributed by atoms with Gasteiger partial charge in [-0.2, -0.15) is 0 Å². The van der Waals surface area contributed by atoms with Crippen molar-refractivity contribution < 1.29 is 10.0 Å². The molecule has 7 heteroatoms. The Morgan fingerprint density at radius 2 is 2.21 bits per heavy atom. The Morgan fingerprint density at radius 3 is 2.84 bits per heavy atom. The summed E-state index contributed by atoms with van der Waals surface area (Å²) in [7, 11) is 0. The molecule has 1 heterocycles. The Morgan fingerprint density at radius 1 is 1.47 bits per heavy atom. The molecule has 2 rings (SSSR count). The van der Waals surface area contributed by atoms with Crippen LogP contribution in [-0.4, -0.2) is 34.4 Å². The number of carbonyl (C=O) groups is 1. The minimum atomic E-state index is -0.326. The van der Waals surface area contributed by atoms with Gasteiger partial charge in [-0.3, -0.25) is 4.79 Å². The smallest absolute Gasteiger partial charge is 0.255 e. The summed E-state index contributed by atoms with van der Waals surface area (Å²) in [6, 6.07) is 5.06. The molecule has 1 saturated heterocycles. The number of likely N-dealkylation sites (tertiary alicyclic amines) is 1. The zero-order chi connectivity index (χ0) is 14.0. The van der Waals surface area contributed by atoms with Crippen molar-refractivity contribution in [3.8, 4) is 0 Å². The Balaban J connectivity index is 2.28. The van der Waals surface area contributed by atoms with Gasteiger partial charge in [-0.15, -0.1) is 0 Å². The molecular weight excluding hydrogens is 378 g/mol. The molecule has 0 saturated carbocycles. The number of nitrogens with two attached hydrogens (primary N) is 1. The summed E-state index contributed by atoms with van der Waals surface area (Å²) in [6.45, 7) is 0.613. The lowest BCUT2D eigenvalue weighted by atomic mass is 10.1. The lowest BCUT2D eigenvalue weighted by Crippen LogP contribution is -2.44. The van der Waals surface area contributed by atoms with E-state index in [1.807, 2.05) is 12.1 Å². The summed E-state index contributed by atoms with van der Waals surface area (Å²) in [5, 5.41) is 11.8. The highest BCUT2D eigenvalue weighted by Gasteiger charge is 2.33. The topological polar surface area (TPSA) is 78.9 Å². The van der Waals surface area contributed by atoms with E-state index in [-0.39, 0.29) is 17.8 Å². The van der Waals surface area contributed by atoms with Gasteiger partial charge in [-0.05, 0) is 47.0 Å². The summed E-state index contributed by atoms with van der Waals surface area (Å²) in [5.41, 5.74) is 6.20. The van der Waals surface area contributed by atoms with E-state index in [9.17, 15) is 4.79 Å². The van der Waals surface area contributed by atoms with Crippen molar-refractivity contribution >= 4 is 43.6 Å². The highest BCUT2D eigenvalue weighted by molar-refractivity contribution is 9.11. The van der Waals surface area contributed by atoms with Crippen molar-refractivity contribution in [2.75, 3.05) is 6.54 Å². The predicted octanol–water partition coefficient (Wildman–Crippen LogP) is 2.56. The molecule has 102 valence electrons. The molecule has 19 heavy (non-hydrogen) atoms. The molecule has 1 amide bonds. The molecule has 0 spiro atoms. The lowest BCUT2D eigenvalue weighted by molar-refractivity contribution is 0.0767. The maximum atomic E-state index is 12.5. The summed E-state index contributed by atoms with van der Waals surface area (Å²) in [5.74, 6) is -0.0347. The summed E-state index contributed by atoms with van der Waals surface area (Å²) in [6.07, 6.45) is 1.57. The first-order valence-electron chi connectivity index (χ1n) is 5.78. The third kappa shape index (κ3) is 2.92. The van der Waals surface area contributed by atoms with Crippen LogP contribution in [0.25, 0.3) is 0 Å². The zero-order valence-electron chi connectivity index (χ0n) is 10.0. The van der Waals surface area contributed by atoms with E-state index in [0.717, 1.165) is 21.8 Å². The average molecular weight is 391 g/mol. The van der Waals surface area contributed by atoms with Gasteiger partial charge in [0, 0.05) is 15.5 Å². The van der Waals surface area contributed by atoms with Gasteiger partial charge in [-0.25, -0.2) is 0 Å². The maximum Gasteiger partial charge on any atom is 0.255 e. The number of carbonyl (C=O) groups excluding carboxylic acids is 1. The van der Waals surface area contributed by atoms with Crippen molar-refractivity contribution in [3.63, 3.8) is 0 Å². The second-order valence-corrected chi connectivity index (χ2v) is 6.08. The molecule has 5 nitrogen and oxygen atoms in total. The monoisotopic (exact) mass is 389 g/mol. The quantitative estimate of drug-likeness (QED) is 0.352. The van der Waals surface area contributed by atoms with E-state index in [1.54, 1.807) is 11.0 Å². The Hall–Kier alpha value is -1.08. The fraction of sp³-hybridized carbons (Fsp3) is 0.333. The molecule has 1 unspecified atom stereocenters. The second-order valence-electron chi connectivity index (χ2n) is 4.31. The van der Waals surface area contributed by atoms with Gasteiger partial charge in [0.2, 0.25) is 0 Å². The fourth-order valence-electron chi connectivity index (χ4n) is 2.20. The second kappa shape index (κ2) is 5.92. The van der Waals surface area contributed by atoms with E-state index in [1.165, 1.54) is 0 Å². The van der Waals surface area contributed by atoms with Gasteiger partial charge >= 0.3 is 0 Å². The summed E-state index contributed by atoms with van der Waals surface area (Å²) < 4.78 is 1.61. The van der Waals surface area contributed by atoms with Crippen molar-refractivity contribution in [1.29, 1.82) is 0 Å². The number of benzene rings is 1. The molecule has 0 bridgehead atoms.